The molecule has 2 fully saturated rings. The highest BCUT2D eigenvalue weighted by Gasteiger charge is 2.56. The highest BCUT2D eigenvalue weighted by atomic mass is 16.7. The summed E-state index contributed by atoms with van der Waals surface area (Å²) in [7, 11) is -0.740. The Morgan fingerprint density at radius 1 is 0.846 bits per heavy atom. The van der Waals surface area contributed by atoms with Crippen LogP contribution in [0.4, 0.5) is 0 Å². The maximum atomic E-state index is 11.1. The lowest BCUT2D eigenvalue weighted by atomic mass is 9.60. The number of hydrogen-bond acceptors (Lipinski definition) is 6. The van der Waals surface area contributed by atoms with Gasteiger partial charge in [0.15, 0.2) is 0 Å². The molecule has 0 radical (unpaired) electrons. The van der Waals surface area contributed by atoms with Crippen molar-refractivity contribution in [2.75, 3.05) is 6.61 Å². The smallest absolute Gasteiger partial charge is 0.460 e. The van der Waals surface area contributed by atoms with Crippen molar-refractivity contribution in [1.82, 2.24) is 0 Å². The van der Waals surface area contributed by atoms with Crippen molar-refractivity contribution >= 4 is 20.2 Å². The van der Waals surface area contributed by atoms with Gasteiger partial charge in [0.1, 0.15) is 0 Å². The minimum Gasteiger partial charge on any atom is -0.466 e. The Bertz CT molecular complexity index is 500. The first-order valence-electron chi connectivity index (χ1n) is 9.51. The third kappa shape index (κ3) is 4.46. The lowest BCUT2D eigenvalue weighted by molar-refractivity contribution is -0.141. The summed E-state index contributed by atoms with van der Waals surface area (Å²) in [6, 6.07) is 0. The normalized spacial score (nSPS) is 26.8. The molecule has 148 valence electrons. The summed E-state index contributed by atoms with van der Waals surface area (Å²) in [5.74, 6) is -0.293. The molecular weight excluding hydrogens is 334 g/mol. The summed E-state index contributed by atoms with van der Waals surface area (Å²) in [5.41, 5.74) is -1.58. The Balaban J connectivity index is 2.09. The molecule has 2 aliphatic heterocycles. The lowest BCUT2D eigenvalue weighted by Crippen LogP contribution is -2.41. The molecule has 0 amide bonds. The number of esters is 1. The van der Waals surface area contributed by atoms with Crippen molar-refractivity contribution in [3.63, 3.8) is 0 Å². The van der Waals surface area contributed by atoms with Gasteiger partial charge in [-0.1, -0.05) is 0 Å². The third-order valence-electron chi connectivity index (χ3n) is 6.25. The Morgan fingerprint density at radius 2 is 1.27 bits per heavy atom. The average molecular weight is 368 g/mol. The second-order valence-corrected chi connectivity index (χ2v) is 9.44. The maximum absolute atomic E-state index is 11.1. The molecule has 26 heavy (non-hydrogen) atoms. The summed E-state index contributed by atoms with van der Waals surface area (Å²) in [6.45, 7) is 18.0. The van der Waals surface area contributed by atoms with E-state index in [0.717, 1.165) is 0 Å². The molecule has 1 unspecified atom stereocenters. The van der Waals surface area contributed by atoms with Gasteiger partial charge in [0, 0.05) is 6.92 Å². The van der Waals surface area contributed by atoms with Gasteiger partial charge in [-0.2, -0.15) is 0 Å². The largest absolute Gasteiger partial charge is 0.466 e. The molecular formula is C18H34B2O6. The summed E-state index contributed by atoms with van der Waals surface area (Å²) >= 11 is 0. The standard InChI is InChI=1S/C18H34B2O6/c1-13(21)22-11-10-14(20-25-17(6,7)18(8,9)26-20)12-19-23-15(2,3)16(4,5)24-19/h14H,10-12H2,1-9H3. The second kappa shape index (κ2) is 7.12. The minimum atomic E-state index is -0.409. The predicted molar refractivity (Wildman–Crippen MR) is 102 cm³/mol. The molecule has 8 heteroatoms. The van der Waals surface area contributed by atoms with Crippen molar-refractivity contribution < 1.29 is 28.1 Å². The van der Waals surface area contributed by atoms with Crippen molar-refractivity contribution in [2.24, 2.45) is 0 Å². The third-order valence-corrected chi connectivity index (χ3v) is 6.25. The first kappa shape index (κ1) is 21.7. The van der Waals surface area contributed by atoms with Gasteiger partial charge in [-0.3, -0.25) is 4.79 Å². The van der Waals surface area contributed by atoms with Crippen LogP contribution in [0.25, 0.3) is 0 Å². The SMILES string of the molecule is CC(=O)OCCC(CB1OC(C)(C)C(C)(C)O1)B1OC(C)(C)C(C)(C)O1. The molecule has 0 aromatic heterocycles. The fourth-order valence-electron chi connectivity index (χ4n) is 3.11. The summed E-state index contributed by atoms with van der Waals surface area (Å²) in [5, 5.41) is 0. The van der Waals surface area contributed by atoms with Crippen molar-refractivity contribution in [3.8, 4) is 0 Å². The maximum Gasteiger partial charge on any atom is 0.460 e. The van der Waals surface area contributed by atoms with Crippen LogP contribution in [-0.4, -0.2) is 49.2 Å². The van der Waals surface area contributed by atoms with Crippen molar-refractivity contribution in [3.05, 3.63) is 0 Å². The van der Waals surface area contributed by atoms with E-state index in [9.17, 15) is 4.79 Å². The summed E-state index contributed by atoms with van der Waals surface area (Å²) in [6.07, 6.45) is 1.24. The quantitative estimate of drug-likeness (QED) is 0.528. The van der Waals surface area contributed by atoms with Crippen LogP contribution in [0.3, 0.4) is 0 Å². The van der Waals surface area contributed by atoms with Gasteiger partial charge in [-0.15, -0.1) is 0 Å². The fraction of sp³-hybridized carbons (Fsp3) is 0.944. The zero-order valence-electron chi connectivity index (χ0n) is 17.8. The first-order valence-corrected chi connectivity index (χ1v) is 9.51. The lowest BCUT2D eigenvalue weighted by Gasteiger charge is -2.32. The monoisotopic (exact) mass is 368 g/mol. The number of rotatable bonds is 6. The molecule has 2 saturated heterocycles. The van der Waals surface area contributed by atoms with Crippen LogP contribution >= 0.6 is 0 Å². The van der Waals surface area contributed by atoms with Crippen LogP contribution in [0.5, 0.6) is 0 Å². The van der Waals surface area contributed by atoms with Crippen LogP contribution < -0.4 is 0 Å². The van der Waals surface area contributed by atoms with E-state index in [4.69, 9.17) is 23.4 Å². The first-order chi connectivity index (χ1) is 11.7. The molecule has 0 bridgehead atoms. The molecule has 1 atom stereocenters. The second-order valence-electron chi connectivity index (χ2n) is 9.44. The molecule has 0 aromatic carbocycles. The highest BCUT2D eigenvalue weighted by Crippen LogP contribution is 2.44. The molecule has 6 nitrogen and oxygen atoms in total. The van der Waals surface area contributed by atoms with Gasteiger partial charge in [-0.05, 0) is 73.9 Å². The molecule has 0 saturated carbocycles. The molecule has 2 heterocycles. The number of carbonyl (C=O) groups is 1. The van der Waals surface area contributed by atoms with E-state index in [1.165, 1.54) is 6.92 Å². The van der Waals surface area contributed by atoms with Crippen LogP contribution in [0, 0.1) is 0 Å². The molecule has 0 aliphatic carbocycles. The number of carbonyl (C=O) groups excluding carboxylic acids is 1. The Morgan fingerprint density at radius 3 is 1.69 bits per heavy atom. The van der Waals surface area contributed by atoms with Crippen LogP contribution in [0.1, 0.15) is 68.7 Å². The van der Waals surface area contributed by atoms with E-state index in [2.05, 4.69) is 0 Å². The van der Waals surface area contributed by atoms with E-state index in [-0.39, 0.29) is 30.1 Å². The molecule has 0 spiro atoms. The molecule has 0 aromatic rings. The van der Waals surface area contributed by atoms with Gasteiger partial charge in [0.25, 0.3) is 0 Å². The van der Waals surface area contributed by atoms with Gasteiger partial charge >= 0.3 is 20.2 Å². The summed E-state index contributed by atoms with van der Waals surface area (Å²) < 4.78 is 29.9. The van der Waals surface area contributed by atoms with Crippen LogP contribution in [0.2, 0.25) is 12.1 Å². The Labute approximate surface area is 158 Å². The van der Waals surface area contributed by atoms with E-state index in [1.54, 1.807) is 0 Å². The summed E-state index contributed by atoms with van der Waals surface area (Å²) in [4.78, 5) is 11.1. The minimum absolute atomic E-state index is 0.00917. The van der Waals surface area contributed by atoms with Gasteiger partial charge in [0.05, 0.1) is 29.0 Å². The van der Waals surface area contributed by atoms with Crippen molar-refractivity contribution in [2.45, 2.75) is 103 Å². The van der Waals surface area contributed by atoms with E-state index < -0.39 is 18.3 Å². The fourth-order valence-corrected chi connectivity index (χ4v) is 3.11. The predicted octanol–water partition coefficient (Wildman–Crippen LogP) is 3.49. The zero-order valence-corrected chi connectivity index (χ0v) is 17.8. The van der Waals surface area contributed by atoms with Gasteiger partial charge in [0.2, 0.25) is 0 Å². The topological polar surface area (TPSA) is 63.2 Å². The highest BCUT2D eigenvalue weighted by molar-refractivity contribution is 6.53. The average Bonchev–Trinajstić information content (AvgIpc) is 2.76. The Hall–Kier alpha value is -0.560. The number of ether oxygens (including phenoxy) is 1. The van der Waals surface area contributed by atoms with Crippen LogP contribution in [0.15, 0.2) is 0 Å². The van der Waals surface area contributed by atoms with E-state index in [1.807, 2.05) is 55.4 Å². The van der Waals surface area contributed by atoms with Gasteiger partial charge in [-0.25, -0.2) is 0 Å². The van der Waals surface area contributed by atoms with Crippen molar-refractivity contribution in [1.29, 1.82) is 0 Å². The molecule has 2 rings (SSSR count). The number of hydrogen-bond donors (Lipinski definition) is 0. The Kier molecular flexibility index (Phi) is 5.95. The van der Waals surface area contributed by atoms with Gasteiger partial charge < -0.3 is 23.4 Å². The molecule has 0 N–H and O–H groups in total. The van der Waals surface area contributed by atoms with E-state index >= 15 is 0 Å². The van der Waals surface area contributed by atoms with Crippen LogP contribution in [-0.2, 0) is 28.1 Å². The van der Waals surface area contributed by atoms with E-state index in [0.29, 0.717) is 19.3 Å². The molecule has 2 aliphatic rings. The zero-order chi connectivity index (χ0) is 20.0.